The third-order valence-electron chi connectivity index (χ3n) is 4.17. The fraction of sp³-hybridized carbons (Fsp3) is 0.158. The van der Waals surface area contributed by atoms with E-state index in [0.29, 0.717) is 30.1 Å². The van der Waals surface area contributed by atoms with E-state index in [0.717, 1.165) is 11.1 Å². The molecule has 4 aromatic rings. The second-order valence-electron chi connectivity index (χ2n) is 5.94. The van der Waals surface area contributed by atoms with E-state index in [2.05, 4.69) is 15.3 Å². The topological polar surface area (TPSA) is 65.6 Å². The van der Waals surface area contributed by atoms with Crippen molar-refractivity contribution in [1.29, 1.82) is 0 Å². The van der Waals surface area contributed by atoms with Crippen molar-refractivity contribution in [3.63, 3.8) is 0 Å². The van der Waals surface area contributed by atoms with Gasteiger partial charge in [0.1, 0.15) is 5.82 Å². The van der Waals surface area contributed by atoms with E-state index < -0.39 is 0 Å². The van der Waals surface area contributed by atoms with E-state index in [9.17, 15) is 4.79 Å². The van der Waals surface area contributed by atoms with Gasteiger partial charge in [0, 0.05) is 0 Å². The van der Waals surface area contributed by atoms with Crippen molar-refractivity contribution >= 4 is 11.2 Å². The lowest BCUT2D eigenvalue weighted by molar-refractivity contribution is 0.660. The van der Waals surface area contributed by atoms with Crippen LogP contribution in [0.15, 0.2) is 65.5 Å². The summed E-state index contributed by atoms with van der Waals surface area (Å²) in [6.07, 6.45) is 0. The van der Waals surface area contributed by atoms with Gasteiger partial charge in [-0.2, -0.15) is 0 Å². The van der Waals surface area contributed by atoms with Gasteiger partial charge < -0.3 is 0 Å². The standard InChI is InChI=1S/C19H17N5O/c1-14-20-18-17(19(25)23(14)12-15-8-4-2-5-9-15)21-22-24(18)13-16-10-6-3-7-11-16/h2-11H,12-13H2,1H3. The summed E-state index contributed by atoms with van der Waals surface area (Å²) in [5, 5.41) is 8.21. The van der Waals surface area contributed by atoms with Crippen LogP contribution in [0.1, 0.15) is 17.0 Å². The van der Waals surface area contributed by atoms with Gasteiger partial charge in [-0.05, 0) is 18.1 Å². The van der Waals surface area contributed by atoms with E-state index in [4.69, 9.17) is 0 Å². The predicted octanol–water partition coefficient (Wildman–Crippen LogP) is 2.39. The number of aryl methyl sites for hydroxylation is 1. The Morgan fingerprint density at radius 2 is 1.48 bits per heavy atom. The first-order valence-electron chi connectivity index (χ1n) is 8.11. The lowest BCUT2D eigenvalue weighted by atomic mass is 10.2. The van der Waals surface area contributed by atoms with Crippen molar-refractivity contribution in [3.05, 3.63) is 88.0 Å². The van der Waals surface area contributed by atoms with E-state index in [1.807, 2.05) is 67.6 Å². The zero-order chi connectivity index (χ0) is 17.2. The van der Waals surface area contributed by atoms with Gasteiger partial charge in [-0.25, -0.2) is 9.67 Å². The second kappa shape index (κ2) is 6.32. The Morgan fingerprint density at radius 3 is 2.12 bits per heavy atom. The fourth-order valence-corrected chi connectivity index (χ4v) is 2.86. The summed E-state index contributed by atoms with van der Waals surface area (Å²) >= 11 is 0. The smallest absolute Gasteiger partial charge is 0.284 e. The molecule has 124 valence electrons. The molecule has 0 radical (unpaired) electrons. The largest absolute Gasteiger partial charge is 0.290 e. The number of hydrogen-bond donors (Lipinski definition) is 0. The molecule has 0 unspecified atom stereocenters. The Hall–Kier alpha value is -3.28. The molecule has 2 aromatic carbocycles. The van der Waals surface area contributed by atoms with Crippen LogP contribution in [0.3, 0.4) is 0 Å². The molecular weight excluding hydrogens is 314 g/mol. The van der Waals surface area contributed by atoms with Gasteiger partial charge in [-0.1, -0.05) is 65.9 Å². The monoisotopic (exact) mass is 331 g/mol. The Kier molecular flexibility index (Phi) is 3.85. The Balaban J connectivity index is 1.75. The first-order chi connectivity index (χ1) is 12.2. The van der Waals surface area contributed by atoms with E-state index in [1.165, 1.54) is 0 Å². The van der Waals surface area contributed by atoms with Gasteiger partial charge in [0.25, 0.3) is 5.56 Å². The number of benzene rings is 2. The maximum Gasteiger partial charge on any atom is 0.284 e. The van der Waals surface area contributed by atoms with Gasteiger partial charge >= 0.3 is 0 Å². The third kappa shape index (κ3) is 2.94. The Labute approximate surface area is 144 Å². The molecule has 0 fully saturated rings. The zero-order valence-electron chi connectivity index (χ0n) is 13.8. The molecule has 0 saturated heterocycles. The number of aromatic nitrogens is 5. The van der Waals surface area contributed by atoms with Crippen molar-refractivity contribution in [2.45, 2.75) is 20.0 Å². The third-order valence-corrected chi connectivity index (χ3v) is 4.17. The minimum absolute atomic E-state index is 0.161. The first-order valence-corrected chi connectivity index (χ1v) is 8.11. The minimum Gasteiger partial charge on any atom is -0.290 e. The number of fused-ring (bicyclic) bond motifs is 1. The molecule has 0 spiro atoms. The normalized spacial score (nSPS) is 11.1. The van der Waals surface area contributed by atoms with Crippen LogP contribution in [-0.4, -0.2) is 24.5 Å². The van der Waals surface area contributed by atoms with Crippen LogP contribution in [0.4, 0.5) is 0 Å². The molecule has 2 aromatic heterocycles. The molecule has 2 heterocycles. The molecule has 25 heavy (non-hydrogen) atoms. The van der Waals surface area contributed by atoms with Crippen LogP contribution in [-0.2, 0) is 13.1 Å². The Morgan fingerprint density at radius 1 is 0.880 bits per heavy atom. The first kappa shape index (κ1) is 15.3. The molecule has 6 nitrogen and oxygen atoms in total. The quantitative estimate of drug-likeness (QED) is 0.576. The predicted molar refractivity (Wildman–Crippen MR) is 95.4 cm³/mol. The highest BCUT2D eigenvalue weighted by atomic mass is 16.1. The summed E-state index contributed by atoms with van der Waals surface area (Å²) in [4.78, 5) is 17.4. The highest BCUT2D eigenvalue weighted by molar-refractivity contribution is 5.68. The van der Waals surface area contributed by atoms with Gasteiger partial charge in [-0.3, -0.25) is 9.36 Å². The van der Waals surface area contributed by atoms with Crippen LogP contribution in [0.2, 0.25) is 0 Å². The van der Waals surface area contributed by atoms with Crippen molar-refractivity contribution in [3.8, 4) is 0 Å². The molecule has 0 N–H and O–H groups in total. The summed E-state index contributed by atoms with van der Waals surface area (Å²) in [7, 11) is 0. The number of hydrogen-bond acceptors (Lipinski definition) is 4. The lowest BCUT2D eigenvalue weighted by Crippen LogP contribution is -2.25. The van der Waals surface area contributed by atoms with Gasteiger partial charge in [0.15, 0.2) is 11.2 Å². The van der Waals surface area contributed by atoms with E-state index in [1.54, 1.807) is 9.25 Å². The molecule has 0 aliphatic rings. The summed E-state index contributed by atoms with van der Waals surface area (Å²) in [5.74, 6) is 0.651. The highest BCUT2D eigenvalue weighted by Crippen LogP contribution is 2.10. The lowest BCUT2D eigenvalue weighted by Gasteiger charge is -2.09. The summed E-state index contributed by atoms with van der Waals surface area (Å²) < 4.78 is 3.31. The van der Waals surface area contributed by atoms with Crippen molar-refractivity contribution in [1.82, 2.24) is 24.5 Å². The van der Waals surface area contributed by atoms with Crippen molar-refractivity contribution < 1.29 is 0 Å². The number of rotatable bonds is 4. The van der Waals surface area contributed by atoms with Crippen molar-refractivity contribution in [2.75, 3.05) is 0 Å². The minimum atomic E-state index is -0.161. The van der Waals surface area contributed by atoms with Crippen LogP contribution in [0.5, 0.6) is 0 Å². The van der Waals surface area contributed by atoms with Crippen LogP contribution < -0.4 is 5.56 Å². The molecule has 4 rings (SSSR count). The van der Waals surface area contributed by atoms with Crippen LogP contribution in [0, 0.1) is 6.92 Å². The summed E-state index contributed by atoms with van der Waals surface area (Å²) in [6, 6.07) is 19.8. The maximum atomic E-state index is 12.8. The van der Waals surface area contributed by atoms with Gasteiger partial charge in [0.2, 0.25) is 0 Å². The van der Waals surface area contributed by atoms with Crippen LogP contribution in [0.25, 0.3) is 11.2 Å². The molecule has 0 aliphatic carbocycles. The SMILES string of the molecule is Cc1nc2c(nnn2Cc2ccccc2)c(=O)n1Cc1ccccc1. The molecule has 0 amide bonds. The zero-order valence-corrected chi connectivity index (χ0v) is 13.8. The molecule has 0 bridgehead atoms. The van der Waals surface area contributed by atoms with Crippen LogP contribution >= 0.6 is 0 Å². The molecule has 0 aliphatic heterocycles. The van der Waals surface area contributed by atoms with Crippen molar-refractivity contribution in [2.24, 2.45) is 0 Å². The van der Waals surface area contributed by atoms with E-state index >= 15 is 0 Å². The second-order valence-corrected chi connectivity index (χ2v) is 5.94. The number of nitrogens with zero attached hydrogens (tertiary/aromatic N) is 5. The average molecular weight is 331 g/mol. The van der Waals surface area contributed by atoms with Gasteiger partial charge in [-0.15, -0.1) is 5.10 Å². The van der Waals surface area contributed by atoms with E-state index in [-0.39, 0.29) is 5.56 Å². The Bertz CT molecular complexity index is 1070. The molecule has 0 atom stereocenters. The van der Waals surface area contributed by atoms with Gasteiger partial charge in [0.05, 0.1) is 13.1 Å². The maximum absolute atomic E-state index is 12.8. The molecule has 0 saturated carbocycles. The fourth-order valence-electron chi connectivity index (χ4n) is 2.86. The summed E-state index contributed by atoms with van der Waals surface area (Å²) in [6.45, 7) is 2.84. The summed E-state index contributed by atoms with van der Waals surface area (Å²) in [5.41, 5.74) is 2.80. The molecule has 6 heteroatoms. The molecular formula is C19H17N5O. The highest BCUT2D eigenvalue weighted by Gasteiger charge is 2.15. The average Bonchev–Trinajstić information content (AvgIpc) is 3.03.